The fourth-order valence-corrected chi connectivity index (χ4v) is 4.29. The lowest BCUT2D eigenvalue weighted by molar-refractivity contribution is 0.306. The molecule has 33 heavy (non-hydrogen) atoms. The Morgan fingerprint density at radius 1 is 0.939 bits per heavy atom. The summed E-state index contributed by atoms with van der Waals surface area (Å²) in [6.07, 6.45) is 7.36. The summed E-state index contributed by atoms with van der Waals surface area (Å²) in [7, 11) is 0. The van der Waals surface area contributed by atoms with E-state index >= 15 is 0 Å². The Kier molecular flexibility index (Phi) is 7.73. The number of nitrogens with zero attached hydrogens (tertiary/aromatic N) is 3. The van der Waals surface area contributed by atoms with Crippen LogP contribution in [0.2, 0.25) is 0 Å². The topological polar surface area (TPSA) is 65.7 Å². The fraction of sp³-hybridized carbons (Fsp3) is 0.346. The largest absolute Gasteiger partial charge is 0.494 e. The smallest absolute Gasteiger partial charge is 0.291 e. The van der Waals surface area contributed by atoms with Gasteiger partial charge < -0.3 is 9.47 Å². The maximum atomic E-state index is 12.9. The summed E-state index contributed by atoms with van der Waals surface area (Å²) in [4.78, 5) is 18.0. The van der Waals surface area contributed by atoms with Gasteiger partial charge in [0.2, 0.25) is 4.96 Å². The third-order valence-corrected chi connectivity index (χ3v) is 6.19. The molecule has 0 amide bonds. The average molecular weight is 464 g/mol. The molecule has 0 unspecified atom stereocenters. The minimum absolute atomic E-state index is 0.164. The van der Waals surface area contributed by atoms with E-state index in [2.05, 4.69) is 23.9 Å². The Bertz CT molecular complexity index is 1290. The molecule has 0 aliphatic carbocycles. The number of hydrogen-bond acceptors (Lipinski definition) is 6. The maximum Gasteiger partial charge on any atom is 0.291 e. The van der Waals surface area contributed by atoms with E-state index in [0.29, 0.717) is 28.5 Å². The van der Waals surface area contributed by atoms with Crippen molar-refractivity contribution in [2.75, 3.05) is 13.2 Å². The SMILES string of the molecule is CCCCCOc1cccc(/C=c2\sc3nc(-c4ccc(OCCCC)cc4)nn3c2=O)c1. The van der Waals surface area contributed by atoms with Gasteiger partial charge in [0.15, 0.2) is 5.82 Å². The molecule has 0 saturated heterocycles. The first kappa shape index (κ1) is 23.0. The van der Waals surface area contributed by atoms with E-state index in [0.717, 1.165) is 54.7 Å². The van der Waals surface area contributed by atoms with Crippen LogP contribution in [0.25, 0.3) is 22.4 Å². The first-order valence-electron chi connectivity index (χ1n) is 11.6. The summed E-state index contributed by atoms with van der Waals surface area (Å²) in [5, 5.41) is 4.44. The number of thiazole rings is 1. The highest BCUT2D eigenvalue weighted by atomic mass is 32.1. The Morgan fingerprint density at radius 2 is 1.70 bits per heavy atom. The van der Waals surface area contributed by atoms with Crippen molar-refractivity contribution >= 4 is 22.4 Å². The molecule has 0 aliphatic heterocycles. The molecule has 0 fully saturated rings. The zero-order valence-corrected chi connectivity index (χ0v) is 19.9. The molecular formula is C26H29N3O3S. The van der Waals surface area contributed by atoms with E-state index in [1.165, 1.54) is 15.9 Å². The molecule has 0 aliphatic rings. The van der Waals surface area contributed by atoms with Crippen molar-refractivity contribution in [2.24, 2.45) is 0 Å². The van der Waals surface area contributed by atoms with Gasteiger partial charge >= 0.3 is 0 Å². The monoisotopic (exact) mass is 463 g/mol. The lowest BCUT2D eigenvalue weighted by atomic mass is 10.2. The van der Waals surface area contributed by atoms with Crippen molar-refractivity contribution < 1.29 is 9.47 Å². The van der Waals surface area contributed by atoms with Crippen LogP contribution in [0.5, 0.6) is 11.5 Å². The summed E-state index contributed by atoms with van der Waals surface area (Å²) in [6, 6.07) is 15.5. The van der Waals surface area contributed by atoms with Crippen LogP contribution < -0.4 is 19.6 Å². The predicted octanol–water partition coefficient (Wildman–Crippen LogP) is 5.11. The second kappa shape index (κ2) is 11.1. The standard InChI is InChI=1S/C26H29N3O3S/c1-3-5-7-16-32-22-10-8-9-19(17-22)18-23-25(30)29-26(33-23)27-24(28-29)20-11-13-21(14-12-20)31-15-6-4-2/h8-14,17-18H,3-7,15-16H2,1-2H3/b23-18-. The first-order chi connectivity index (χ1) is 16.2. The van der Waals surface area contributed by atoms with Crippen molar-refractivity contribution in [3.63, 3.8) is 0 Å². The zero-order valence-electron chi connectivity index (χ0n) is 19.1. The third kappa shape index (κ3) is 5.79. The molecule has 0 spiro atoms. The van der Waals surface area contributed by atoms with Crippen molar-refractivity contribution in [1.82, 2.24) is 14.6 Å². The minimum atomic E-state index is -0.164. The molecule has 0 saturated carbocycles. The van der Waals surface area contributed by atoms with E-state index in [1.54, 1.807) is 0 Å². The Morgan fingerprint density at radius 3 is 2.45 bits per heavy atom. The second-order valence-corrected chi connectivity index (χ2v) is 8.91. The fourth-order valence-electron chi connectivity index (χ4n) is 3.38. The van der Waals surface area contributed by atoms with Crippen molar-refractivity contribution in [3.8, 4) is 22.9 Å². The number of hydrogen-bond donors (Lipinski definition) is 0. The van der Waals surface area contributed by atoms with Crippen molar-refractivity contribution in [3.05, 3.63) is 69.0 Å². The Hall–Kier alpha value is -3.19. The molecule has 7 heteroatoms. The molecule has 0 bridgehead atoms. The van der Waals surface area contributed by atoms with Gasteiger partial charge in [0.1, 0.15) is 11.5 Å². The number of unbranched alkanes of at least 4 members (excludes halogenated alkanes) is 3. The van der Waals surface area contributed by atoms with Gasteiger partial charge in [0.05, 0.1) is 17.7 Å². The molecule has 2 aromatic carbocycles. The molecule has 0 N–H and O–H groups in total. The van der Waals surface area contributed by atoms with Crippen LogP contribution in [0.15, 0.2) is 53.3 Å². The number of ether oxygens (including phenoxy) is 2. The van der Waals surface area contributed by atoms with Crippen LogP contribution >= 0.6 is 11.3 Å². The van der Waals surface area contributed by atoms with Crippen LogP contribution in [0.3, 0.4) is 0 Å². The van der Waals surface area contributed by atoms with Gasteiger partial charge in [-0.15, -0.1) is 5.10 Å². The van der Waals surface area contributed by atoms with Gasteiger partial charge in [-0.2, -0.15) is 9.50 Å². The van der Waals surface area contributed by atoms with E-state index < -0.39 is 0 Å². The number of rotatable bonds is 11. The summed E-state index contributed by atoms with van der Waals surface area (Å²) >= 11 is 1.34. The Labute approximate surface area is 197 Å². The minimum Gasteiger partial charge on any atom is -0.494 e. The summed E-state index contributed by atoms with van der Waals surface area (Å²) in [6.45, 7) is 5.72. The number of aromatic nitrogens is 3. The van der Waals surface area contributed by atoms with Crippen LogP contribution in [0, 0.1) is 0 Å². The van der Waals surface area contributed by atoms with Gasteiger partial charge in [-0.1, -0.05) is 56.6 Å². The highest BCUT2D eigenvalue weighted by Gasteiger charge is 2.12. The molecule has 2 heterocycles. The third-order valence-electron chi connectivity index (χ3n) is 5.23. The van der Waals surface area contributed by atoms with Crippen molar-refractivity contribution in [2.45, 2.75) is 46.0 Å². The molecule has 6 nitrogen and oxygen atoms in total. The molecule has 0 atom stereocenters. The van der Waals surface area contributed by atoms with Gasteiger partial charge in [0.25, 0.3) is 5.56 Å². The van der Waals surface area contributed by atoms with E-state index in [9.17, 15) is 4.79 Å². The van der Waals surface area contributed by atoms with Crippen LogP contribution in [0.1, 0.15) is 51.5 Å². The van der Waals surface area contributed by atoms with Crippen LogP contribution in [-0.4, -0.2) is 27.8 Å². The summed E-state index contributed by atoms with van der Waals surface area (Å²) in [5.74, 6) is 2.18. The normalized spacial score (nSPS) is 11.9. The van der Waals surface area contributed by atoms with E-state index in [-0.39, 0.29) is 5.56 Å². The van der Waals surface area contributed by atoms with Crippen molar-refractivity contribution in [1.29, 1.82) is 0 Å². The molecular weight excluding hydrogens is 434 g/mol. The highest BCUT2D eigenvalue weighted by molar-refractivity contribution is 7.15. The summed E-state index contributed by atoms with van der Waals surface area (Å²) in [5.41, 5.74) is 1.61. The van der Waals surface area contributed by atoms with Crippen LogP contribution in [0.4, 0.5) is 0 Å². The quantitative estimate of drug-likeness (QED) is 0.289. The van der Waals surface area contributed by atoms with Gasteiger partial charge in [-0.05, 0) is 60.9 Å². The van der Waals surface area contributed by atoms with Gasteiger partial charge in [0, 0.05) is 5.56 Å². The number of benzene rings is 2. The van der Waals surface area contributed by atoms with E-state index in [4.69, 9.17) is 9.47 Å². The van der Waals surface area contributed by atoms with Gasteiger partial charge in [-0.25, -0.2) is 0 Å². The van der Waals surface area contributed by atoms with E-state index in [1.807, 2.05) is 54.6 Å². The molecule has 4 rings (SSSR count). The molecule has 2 aromatic heterocycles. The Balaban J connectivity index is 1.51. The number of fused-ring (bicyclic) bond motifs is 1. The predicted molar refractivity (Wildman–Crippen MR) is 133 cm³/mol. The maximum absolute atomic E-state index is 12.9. The molecule has 4 aromatic rings. The molecule has 0 radical (unpaired) electrons. The average Bonchev–Trinajstić information content (AvgIpc) is 3.37. The zero-order chi connectivity index (χ0) is 23.0. The van der Waals surface area contributed by atoms with Crippen LogP contribution in [-0.2, 0) is 0 Å². The van der Waals surface area contributed by atoms with Gasteiger partial charge in [-0.3, -0.25) is 4.79 Å². The second-order valence-electron chi connectivity index (χ2n) is 7.90. The summed E-state index contributed by atoms with van der Waals surface area (Å²) < 4.78 is 13.5. The lowest BCUT2D eigenvalue weighted by Crippen LogP contribution is -2.23. The first-order valence-corrected chi connectivity index (χ1v) is 12.4. The molecule has 172 valence electrons. The highest BCUT2D eigenvalue weighted by Crippen LogP contribution is 2.21. The lowest BCUT2D eigenvalue weighted by Gasteiger charge is -2.06.